The maximum absolute atomic E-state index is 13.3. The second-order valence-electron chi connectivity index (χ2n) is 4.25. The van der Waals surface area contributed by atoms with Crippen molar-refractivity contribution in [3.63, 3.8) is 0 Å². The van der Waals surface area contributed by atoms with Crippen molar-refractivity contribution >= 4 is 17.7 Å². The molecule has 1 aromatic carbocycles. The third-order valence-corrected chi connectivity index (χ3v) is 2.71. The number of amides is 3. The van der Waals surface area contributed by atoms with Crippen molar-refractivity contribution in [2.24, 2.45) is 0 Å². The van der Waals surface area contributed by atoms with Crippen LogP contribution < -0.4 is 10.1 Å². The highest BCUT2D eigenvalue weighted by Gasteiger charge is 2.25. The molecule has 3 amide bonds. The van der Waals surface area contributed by atoms with E-state index in [0.717, 1.165) is 4.90 Å². The monoisotopic (exact) mass is 280 g/mol. The lowest BCUT2D eigenvalue weighted by Crippen LogP contribution is -2.53. The van der Waals surface area contributed by atoms with Crippen LogP contribution in [0.3, 0.4) is 0 Å². The molecule has 0 unspecified atom stereocenters. The summed E-state index contributed by atoms with van der Waals surface area (Å²) in [5, 5.41) is 2.10. The van der Waals surface area contributed by atoms with Crippen molar-refractivity contribution in [1.29, 1.82) is 0 Å². The minimum absolute atomic E-state index is 0.0217. The Bertz CT molecular complexity index is 531. The molecule has 0 bridgehead atoms. The van der Waals surface area contributed by atoms with E-state index in [1.54, 1.807) is 6.07 Å². The van der Waals surface area contributed by atoms with Crippen molar-refractivity contribution < 1.29 is 23.5 Å². The number of hydrogen-bond donors (Lipinski definition) is 1. The summed E-state index contributed by atoms with van der Waals surface area (Å²) in [4.78, 5) is 35.2. The predicted molar refractivity (Wildman–Crippen MR) is 66.2 cm³/mol. The smallest absolute Gasteiger partial charge is 0.246 e. The SMILES string of the molecule is O=C1CN(C(=O)CCOc2ccccc2F)CC(=O)N1. The first-order valence-electron chi connectivity index (χ1n) is 6.04. The highest BCUT2D eigenvalue weighted by molar-refractivity contribution is 6.02. The molecule has 0 atom stereocenters. The van der Waals surface area contributed by atoms with Gasteiger partial charge in [-0.3, -0.25) is 19.7 Å². The van der Waals surface area contributed by atoms with E-state index in [1.807, 2.05) is 0 Å². The normalized spacial score (nSPS) is 14.9. The molecule has 1 fully saturated rings. The maximum Gasteiger partial charge on any atom is 0.246 e. The number of benzene rings is 1. The van der Waals surface area contributed by atoms with Gasteiger partial charge in [-0.2, -0.15) is 0 Å². The first-order chi connectivity index (χ1) is 9.56. The van der Waals surface area contributed by atoms with Gasteiger partial charge in [-0.05, 0) is 12.1 Å². The van der Waals surface area contributed by atoms with Crippen LogP contribution in [0.4, 0.5) is 4.39 Å². The van der Waals surface area contributed by atoms with Crippen LogP contribution in [0.1, 0.15) is 6.42 Å². The molecule has 106 valence electrons. The van der Waals surface area contributed by atoms with Crippen LogP contribution in [0.15, 0.2) is 24.3 Å². The van der Waals surface area contributed by atoms with Gasteiger partial charge in [0.05, 0.1) is 13.0 Å². The number of carbonyl (C=O) groups excluding carboxylic acids is 3. The molecular weight excluding hydrogens is 267 g/mol. The molecule has 1 aliphatic heterocycles. The number of ether oxygens (including phenoxy) is 1. The molecule has 0 spiro atoms. The average molecular weight is 280 g/mol. The van der Waals surface area contributed by atoms with Gasteiger partial charge in [0.1, 0.15) is 13.1 Å². The molecule has 2 rings (SSSR count). The molecule has 1 heterocycles. The molecule has 7 heteroatoms. The standard InChI is InChI=1S/C13H13FN2O4/c14-9-3-1-2-4-10(9)20-6-5-13(19)16-7-11(17)15-12(18)8-16/h1-4H,5-8H2,(H,15,17,18). The highest BCUT2D eigenvalue weighted by Crippen LogP contribution is 2.15. The Morgan fingerprint density at radius 2 is 1.90 bits per heavy atom. The molecule has 0 aromatic heterocycles. The predicted octanol–water partition coefficient (Wildman–Crippen LogP) is 0.0796. The number of para-hydroxylation sites is 1. The molecule has 20 heavy (non-hydrogen) atoms. The van der Waals surface area contributed by atoms with Crippen LogP contribution in [0.5, 0.6) is 5.75 Å². The minimum atomic E-state index is -0.510. The van der Waals surface area contributed by atoms with E-state index in [2.05, 4.69) is 5.32 Å². The summed E-state index contributed by atoms with van der Waals surface area (Å²) in [5.41, 5.74) is 0. The zero-order chi connectivity index (χ0) is 14.5. The molecule has 1 N–H and O–H groups in total. The number of piperazine rings is 1. The van der Waals surface area contributed by atoms with Crippen LogP contribution in [0.25, 0.3) is 0 Å². The van der Waals surface area contributed by atoms with E-state index in [0.29, 0.717) is 0 Å². The van der Waals surface area contributed by atoms with Gasteiger partial charge in [0, 0.05) is 0 Å². The van der Waals surface area contributed by atoms with Gasteiger partial charge >= 0.3 is 0 Å². The quantitative estimate of drug-likeness (QED) is 0.792. The fourth-order valence-corrected chi connectivity index (χ4v) is 1.78. The fraction of sp³-hybridized carbons (Fsp3) is 0.308. The first-order valence-corrected chi connectivity index (χ1v) is 6.04. The number of nitrogens with one attached hydrogen (secondary N) is 1. The van der Waals surface area contributed by atoms with Crippen LogP contribution in [-0.2, 0) is 14.4 Å². The van der Waals surface area contributed by atoms with Crippen molar-refractivity contribution in [3.05, 3.63) is 30.1 Å². The van der Waals surface area contributed by atoms with E-state index in [4.69, 9.17) is 4.74 Å². The number of halogens is 1. The summed E-state index contributed by atoms with van der Waals surface area (Å²) in [7, 11) is 0. The van der Waals surface area contributed by atoms with Crippen LogP contribution in [-0.4, -0.2) is 42.3 Å². The zero-order valence-corrected chi connectivity index (χ0v) is 10.6. The topological polar surface area (TPSA) is 75.7 Å². The summed E-state index contributed by atoms with van der Waals surface area (Å²) >= 11 is 0. The van der Waals surface area contributed by atoms with Crippen LogP contribution in [0.2, 0.25) is 0 Å². The van der Waals surface area contributed by atoms with Crippen molar-refractivity contribution in [2.45, 2.75) is 6.42 Å². The lowest BCUT2D eigenvalue weighted by molar-refractivity contribution is -0.145. The molecule has 1 saturated heterocycles. The van der Waals surface area contributed by atoms with E-state index >= 15 is 0 Å². The Labute approximate surface area is 114 Å². The van der Waals surface area contributed by atoms with Gasteiger partial charge < -0.3 is 9.64 Å². The highest BCUT2D eigenvalue weighted by atomic mass is 19.1. The second-order valence-corrected chi connectivity index (χ2v) is 4.25. The molecule has 0 radical (unpaired) electrons. The molecule has 0 aliphatic carbocycles. The van der Waals surface area contributed by atoms with E-state index in [9.17, 15) is 18.8 Å². The lowest BCUT2D eigenvalue weighted by atomic mass is 10.3. The van der Waals surface area contributed by atoms with E-state index in [-0.39, 0.29) is 37.8 Å². The minimum Gasteiger partial charge on any atom is -0.490 e. The first kappa shape index (κ1) is 14.0. The molecular formula is C13H13FN2O4. The number of hydrogen-bond acceptors (Lipinski definition) is 4. The summed E-state index contributed by atoms with van der Waals surface area (Å²) in [6, 6.07) is 5.86. The number of nitrogens with zero attached hydrogens (tertiary/aromatic N) is 1. The molecule has 1 aliphatic rings. The number of rotatable bonds is 4. The molecule has 6 nitrogen and oxygen atoms in total. The van der Waals surface area contributed by atoms with E-state index in [1.165, 1.54) is 18.2 Å². The fourth-order valence-electron chi connectivity index (χ4n) is 1.78. The second kappa shape index (κ2) is 6.14. The molecule has 1 aromatic rings. The van der Waals surface area contributed by atoms with E-state index < -0.39 is 17.6 Å². The summed E-state index contributed by atoms with van der Waals surface area (Å²) < 4.78 is 18.4. The number of carbonyl (C=O) groups is 3. The van der Waals surface area contributed by atoms with Gasteiger partial charge in [-0.25, -0.2) is 4.39 Å². The zero-order valence-electron chi connectivity index (χ0n) is 10.6. The lowest BCUT2D eigenvalue weighted by Gasteiger charge is -2.25. The van der Waals surface area contributed by atoms with Gasteiger partial charge in [-0.15, -0.1) is 0 Å². The largest absolute Gasteiger partial charge is 0.490 e. The summed E-state index contributed by atoms with van der Waals surface area (Å²) in [6.45, 7) is -0.319. The molecule has 0 saturated carbocycles. The van der Waals surface area contributed by atoms with Crippen molar-refractivity contribution in [2.75, 3.05) is 19.7 Å². The summed E-state index contributed by atoms with van der Waals surface area (Å²) in [5.74, 6) is -1.85. The Hall–Kier alpha value is -2.44. The van der Waals surface area contributed by atoms with Crippen molar-refractivity contribution in [1.82, 2.24) is 10.2 Å². The third kappa shape index (κ3) is 3.53. The van der Waals surface area contributed by atoms with Gasteiger partial charge in [0.25, 0.3) is 0 Å². The Morgan fingerprint density at radius 1 is 1.25 bits per heavy atom. The Balaban J connectivity index is 1.82. The number of imide groups is 1. The Morgan fingerprint density at radius 3 is 2.55 bits per heavy atom. The van der Waals surface area contributed by atoms with Crippen LogP contribution >= 0.6 is 0 Å². The van der Waals surface area contributed by atoms with Gasteiger partial charge in [0.15, 0.2) is 11.6 Å². The Kier molecular flexibility index (Phi) is 4.29. The average Bonchev–Trinajstić information content (AvgIpc) is 2.39. The maximum atomic E-state index is 13.3. The van der Waals surface area contributed by atoms with Crippen molar-refractivity contribution in [3.8, 4) is 5.75 Å². The van der Waals surface area contributed by atoms with Crippen LogP contribution in [0, 0.1) is 5.82 Å². The van der Waals surface area contributed by atoms with Gasteiger partial charge in [-0.1, -0.05) is 12.1 Å². The third-order valence-electron chi connectivity index (χ3n) is 2.71. The summed E-state index contributed by atoms with van der Waals surface area (Å²) in [6.07, 6.45) is -0.0328. The van der Waals surface area contributed by atoms with Gasteiger partial charge in [0.2, 0.25) is 17.7 Å².